The third-order valence-electron chi connectivity index (χ3n) is 2.77. The fraction of sp³-hybridized carbons (Fsp3) is 0.667. The van der Waals surface area contributed by atoms with Crippen LogP contribution in [0.3, 0.4) is 0 Å². The van der Waals surface area contributed by atoms with Gasteiger partial charge in [-0.2, -0.15) is 5.10 Å². The Kier molecular flexibility index (Phi) is 6.55. The van der Waals surface area contributed by atoms with Crippen LogP contribution in [0.1, 0.15) is 37.9 Å². The molecule has 8 nitrogen and oxygen atoms in total. The number of esters is 1. The van der Waals surface area contributed by atoms with E-state index in [9.17, 15) is 4.79 Å². The van der Waals surface area contributed by atoms with E-state index in [-0.39, 0.29) is 12.0 Å². The van der Waals surface area contributed by atoms with E-state index in [1.165, 1.54) is 7.11 Å². The first-order chi connectivity index (χ1) is 9.60. The van der Waals surface area contributed by atoms with Gasteiger partial charge in [-0.05, 0) is 32.3 Å². The lowest BCUT2D eigenvalue weighted by molar-refractivity contribution is -0.143. The van der Waals surface area contributed by atoms with Gasteiger partial charge in [0, 0.05) is 29.3 Å². The number of azide groups is 1. The molecular formula is C12H20N6O2. The highest BCUT2D eigenvalue weighted by Gasteiger charge is 2.22. The number of rotatable bonds is 8. The van der Waals surface area contributed by atoms with Crippen LogP contribution in [0.25, 0.3) is 10.4 Å². The average Bonchev–Trinajstić information content (AvgIpc) is 2.91. The fourth-order valence-electron chi connectivity index (χ4n) is 1.68. The van der Waals surface area contributed by atoms with E-state index in [4.69, 9.17) is 10.3 Å². The van der Waals surface area contributed by atoms with E-state index in [1.54, 1.807) is 10.9 Å². The zero-order valence-electron chi connectivity index (χ0n) is 12.0. The molecular weight excluding hydrogens is 260 g/mol. The molecule has 1 rings (SSSR count). The van der Waals surface area contributed by atoms with E-state index in [1.807, 2.05) is 20.0 Å². The Bertz CT molecular complexity index is 478. The van der Waals surface area contributed by atoms with Crippen LogP contribution in [0.2, 0.25) is 0 Å². The Labute approximate surface area is 117 Å². The van der Waals surface area contributed by atoms with E-state index >= 15 is 0 Å². The molecule has 0 fully saturated rings. The first-order valence-electron chi connectivity index (χ1n) is 6.46. The van der Waals surface area contributed by atoms with E-state index in [2.05, 4.69) is 20.4 Å². The number of methoxy groups -OCH3 is 1. The Hall–Kier alpha value is -2.05. The lowest BCUT2D eigenvalue weighted by atomic mass is 10.1. The molecule has 1 atom stereocenters. The third kappa shape index (κ3) is 4.56. The molecule has 1 aromatic rings. The summed E-state index contributed by atoms with van der Waals surface area (Å²) < 4.78 is 6.58. The minimum Gasteiger partial charge on any atom is -0.468 e. The molecule has 0 aliphatic heterocycles. The predicted octanol–water partition coefficient (Wildman–Crippen LogP) is 1.97. The van der Waals surface area contributed by atoms with Crippen LogP contribution >= 0.6 is 0 Å². The van der Waals surface area contributed by atoms with Crippen molar-refractivity contribution in [3.63, 3.8) is 0 Å². The molecule has 0 bridgehead atoms. The number of carbonyl (C=O) groups is 1. The molecule has 0 saturated heterocycles. The Morgan fingerprint density at radius 2 is 2.40 bits per heavy atom. The number of aromatic nitrogens is 2. The topological polar surface area (TPSA) is 105 Å². The van der Waals surface area contributed by atoms with Crippen molar-refractivity contribution in [1.82, 2.24) is 15.1 Å². The molecule has 20 heavy (non-hydrogen) atoms. The van der Waals surface area contributed by atoms with Crippen LogP contribution in [0.4, 0.5) is 0 Å². The van der Waals surface area contributed by atoms with Gasteiger partial charge in [-0.1, -0.05) is 5.11 Å². The average molecular weight is 280 g/mol. The van der Waals surface area contributed by atoms with E-state index in [0.717, 1.165) is 5.56 Å². The van der Waals surface area contributed by atoms with Crippen molar-refractivity contribution < 1.29 is 9.53 Å². The van der Waals surface area contributed by atoms with Gasteiger partial charge in [-0.3, -0.25) is 4.68 Å². The van der Waals surface area contributed by atoms with E-state index in [0.29, 0.717) is 19.5 Å². The summed E-state index contributed by atoms with van der Waals surface area (Å²) in [4.78, 5) is 14.5. The van der Waals surface area contributed by atoms with Crippen molar-refractivity contribution in [2.24, 2.45) is 5.11 Å². The minimum atomic E-state index is -0.557. The summed E-state index contributed by atoms with van der Waals surface area (Å²) >= 11 is 0. The fourth-order valence-corrected chi connectivity index (χ4v) is 1.68. The first-order valence-corrected chi connectivity index (χ1v) is 6.46. The molecule has 0 radical (unpaired) electrons. The summed E-state index contributed by atoms with van der Waals surface area (Å²) in [6.07, 6.45) is 4.13. The highest BCUT2D eigenvalue weighted by atomic mass is 16.5. The number of nitrogens with zero attached hydrogens (tertiary/aromatic N) is 5. The number of hydrogen-bond acceptors (Lipinski definition) is 5. The molecule has 0 spiro atoms. The number of ether oxygens (including phenoxy) is 1. The summed E-state index contributed by atoms with van der Waals surface area (Å²) in [5.41, 5.74) is 8.95. The van der Waals surface area contributed by atoms with Gasteiger partial charge in [0.05, 0.1) is 13.3 Å². The highest BCUT2D eigenvalue weighted by Crippen LogP contribution is 2.15. The second kappa shape index (κ2) is 8.19. The van der Waals surface area contributed by atoms with Gasteiger partial charge in [0.2, 0.25) is 0 Å². The lowest BCUT2D eigenvalue weighted by Gasteiger charge is -2.14. The van der Waals surface area contributed by atoms with Gasteiger partial charge in [0.15, 0.2) is 0 Å². The van der Waals surface area contributed by atoms with Crippen LogP contribution in [-0.4, -0.2) is 35.9 Å². The maximum absolute atomic E-state index is 11.8. The Balaban J connectivity index is 2.68. The molecule has 0 amide bonds. The number of nitrogens with one attached hydrogen (secondary N) is 1. The van der Waals surface area contributed by atoms with Crippen LogP contribution < -0.4 is 5.32 Å². The van der Waals surface area contributed by atoms with Crippen molar-refractivity contribution in [2.45, 2.75) is 32.4 Å². The molecule has 0 aliphatic carbocycles. The van der Waals surface area contributed by atoms with Gasteiger partial charge in [0.1, 0.15) is 6.04 Å². The second-order valence-electron chi connectivity index (χ2n) is 4.57. The molecule has 1 aromatic heterocycles. The maximum atomic E-state index is 11.8. The zero-order valence-corrected chi connectivity index (χ0v) is 12.0. The molecule has 1 N–H and O–H groups in total. The van der Waals surface area contributed by atoms with Crippen molar-refractivity contribution in [3.8, 4) is 0 Å². The van der Waals surface area contributed by atoms with Crippen LogP contribution in [-0.2, 0) is 9.53 Å². The third-order valence-corrected chi connectivity index (χ3v) is 2.77. The Morgan fingerprint density at radius 3 is 2.95 bits per heavy atom. The summed E-state index contributed by atoms with van der Waals surface area (Å²) in [5, 5.41) is 10.7. The number of carbonyl (C=O) groups excluding carboxylic acids is 1. The minimum absolute atomic E-state index is 0.229. The molecule has 1 heterocycles. The quantitative estimate of drug-likeness (QED) is 0.258. The highest BCUT2D eigenvalue weighted by molar-refractivity contribution is 5.77. The van der Waals surface area contributed by atoms with Crippen LogP contribution in [0.5, 0.6) is 0 Å². The summed E-state index contributed by atoms with van der Waals surface area (Å²) in [7, 11) is 1.35. The zero-order chi connectivity index (χ0) is 15.0. The maximum Gasteiger partial charge on any atom is 0.327 e. The Morgan fingerprint density at radius 1 is 1.65 bits per heavy atom. The standard InChI is InChI=1S/C12H20N6O2/c1-9(2)18-8-10(7-16-18)11(12(19)20-3)14-5-4-6-15-17-13/h7-9,11,14H,4-6H2,1-3H3. The summed E-state index contributed by atoms with van der Waals surface area (Å²) in [6, 6.07) is -0.328. The number of hydrogen-bond donors (Lipinski definition) is 1. The molecule has 8 heteroatoms. The second-order valence-corrected chi connectivity index (χ2v) is 4.57. The van der Waals surface area contributed by atoms with Gasteiger partial charge in [0.25, 0.3) is 0 Å². The molecule has 0 saturated carbocycles. The van der Waals surface area contributed by atoms with Crippen LogP contribution in [0, 0.1) is 0 Å². The van der Waals surface area contributed by atoms with Crippen LogP contribution in [0.15, 0.2) is 17.5 Å². The lowest BCUT2D eigenvalue weighted by Crippen LogP contribution is -2.30. The van der Waals surface area contributed by atoms with Crippen molar-refractivity contribution >= 4 is 5.97 Å². The SMILES string of the molecule is COC(=O)C(NCCCN=[N+]=[N-])c1cnn(C(C)C)c1. The molecule has 0 aliphatic rings. The normalized spacial score (nSPS) is 12.0. The van der Waals surface area contributed by atoms with Gasteiger partial charge in [-0.15, -0.1) is 0 Å². The van der Waals surface area contributed by atoms with Crippen molar-refractivity contribution in [3.05, 3.63) is 28.4 Å². The van der Waals surface area contributed by atoms with Crippen molar-refractivity contribution in [1.29, 1.82) is 0 Å². The predicted molar refractivity (Wildman–Crippen MR) is 74.0 cm³/mol. The van der Waals surface area contributed by atoms with Gasteiger partial charge in [-0.25, -0.2) is 4.79 Å². The largest absolute Gasteiger partial charge is 0.468 e. The summed E-state index contributed by atoms with van der Waals surface area (Å²) in [5.74, 6) is -0.364. The van der Waals surface area contributed by atoms with Gasteiger partial charge < -0.3 is 10.1 Å². The van der Waals surface area contributed by atoms with Crippen molar-refractivity contribution in [2.75, 3.05) is 20.2 Å². The smallest absolute Gasteiger partial charge is 0.327 e. The monoisotopic (exact) mass is 280 g/mol. The summed E-state index contributed by atoms with van der Waals surface area (Å²) in [6.45, 7) is 4.96. The molecule has 110 valence electrons. The van der Waals surface area contributed by atoms with Gasteiger partial charge >= 0.3 is 5.97 Å². The first kappa shape index (κ1) is 16.0. The molecule has 1 unspecified atom stereocenters. The van der Waals surface area contributed by atoms with E-state index < -0.39 is 6.04 Å². The molecule has 0 aromatic carbocycles.